The zero-order valence-corrected chi connectivity index (χ0v) is 15.9. The highest BCUT2D eigenvalue weighted by Gasteiger charge is 2.43. The number of hydrogen-bond acceptors (Lipinski definition) is 4. The summed E-state index contributed by atoms with van der Waals surface area (Å²) < 4.78 is 0. The SMILES string of the molecule is Cc1cccc(C)c1NC(=O)C1CN(c2c(C)cccc2C)C(=O)C1=NO. The molecule has 1 fully saturated rings. The van der Waals surface area contributed by atoms with Crippen LogP contribution in [0.15, 0.2) is 41.6 Å². The quantitative estimate of drug-likeness (QED) is 0.646. The predicted molar refractivity (Wildman–Crippen MR) is 106 cm³/mol. The Morgan fingerprint density at radius 1 is 1.04 bits per heavy atom. The minimum absolute atomic E-state index is 0.138. The number of nitrogens with one attached hydrogen (secondary N) is 1. The molecular weight excluding hydrogens is 342 g/mol. The van der Waals surface area contributed by atoms with E-state index in [2.05, 4.69) is 10.5 Å². The maximum atomic E-state index is 12.9. The number of aryl methyl sites for hydroxylation is 4. The predicted octanol–water partition coefficient (Wildman–Crippen LogP) is 3.35. The van der Waals surface area contributed by atoms with Crippen molar-refractivity contribution >= 4 is 28.9 Å². The van der Waals surface area contributed by atoms with E-state index in [4.69, 9.17) is 0 Å². The van der Waals surface area contributed by atoms with Gasteiger partial charge in [-0.15, -0.1) is 0 Å². The van der Waals surface area contributed by atoms with E-state index in [1.54, 1.807) is 0 Å². The second-order valence-electron chi connectivity index (χ2n) is 6.95. The van der Waals surface area contributed by atoms with Crippen LogP contribution in [0.3, 0.4) is 0 Å². The molecule has 2 aromatic rings. The Bertz CT molecular complexity index is 909. The standard InChI is InChI=1S/C21H23N3O3/c1-12-7-5-8-13(2)17(12)22-20(25)16-11-24(21(26)18(16)23-27)19-14(3)9-6-10-15(19)4/h5-10,16,27H,11H2,1-4H3,(H,22,25). The topological polar surface area (TPSA) is 82.0 Å². The van der Waals surface area contributed by atoms with Crippen LogP contribution in [0.2, 0.25) is 0 Å². The first-order chi connectivity index (χ1) is 12.8. The summed E-state index contributed by atoms with van der Waals surface area (Å²) in [5, 5.41) is 15.4. The summed E-state index contributed by atoms with van der Waals surface area (Å²) >= 11 is 0. The molecule has 2 N–H and O–H groups in total. The van der Waals surface area contributed by atoms with E-state index in [1.807, 2.05) is 64.1 Å². The summed E-state index contributed by atoms with van der Waals surface area (Å²) in [6, 6.07) is 11.5. The molecule has 1 aliphatic heterocycles. The lowest BCUT2D eigenvalue weighted by Crippen LogP contribution is -2.30. The minimum Gasteiger partial charge on any atom is -0.410 e. The van der Waals surface area contributed by atoms with E-state index in [-0.39, 0.29) is 18.2 Å². The third-order valence-electron chi connectivity index (χ3n) is 5.02. The second-order valence-corrected chi connectivity index (χ2v) is 6.95. The summed E-state index contributed by atoms with van der Waals surface area (Å²) in [4.78, 5) is 27.2. The number of benzene rings is 2. The zero-order valence-electron chi connectivity index (χ0n) is 15.9. The Hall–Kier alpha value is -3.15. The van der Waals surface area contributed by atoms with Crippen molar-refractivity contribution in [3.63, 3.8) is 0 Å². The van der Waals surface area contributed by atoms with Crippen molar-refractivity contribution in [1.29, 1.82) is 0 Å². The van der Waals surface area contributed by atoms with Crippen molar-refractivity contribution in [2.45, 2.75) is 27.7 Å². The van der Waals surface area contributed by atoms with Crippen LogP contribution >= 0.6 is 0 Å². The average Bonchev–Trinajstić information content (AvgIpc) is 2.94. The minimum atomic E-state index is -0.847. The van der Waals surface area contributed by atoms with E-state index < -0.39 is 11.8 Å². The van der Waals surface area contributed by atoms with E-state index in [1.165, 1.54) is 4.90 Å². The van der Waals surface area contributed by atoms with E-state index in [0.717, 1.165) is 33.6 Å². The van der Waals surface area contributed by atoms with Crippen LogP contribution in [-0.2, 0) is 9.59 Å². The number of carbonyl (C=O) groups is 2. The fourth-order valence-electron chi connectivity index (χ4n) is 3.61. The van der Waals surface area contributed by atoms with Crippen molar-refractivity contribution < 1.29 is 14.8 Å². The third kappa shape index (κ3) is 3.30. The van der Waals surface area contributed by atoms with E-state index >= 15 is 0 Å². The Morgan fingerprint density at radius 2 is 1.56 bits per heavy atom. The number of para-hydroxylation sites is 2. The Morgan fingerprint density at radius 3 is 2.07 bits per heavy atom. The smallest absolute Gasteiger partial charge is 0.277 e. The molecule has 0 spiro atoms. The Labute approximate surface area is 158 Å². The molecule has 1 heterocycles. The van der Waals surface area contributed by atoms with Crippen LogP contribution in [0.1, 0.15) is 22.3 Å². The molecule has 3 rings (SSSR count). The van der Waals surface area contributed by atoms with Crippen LogP contribution in [0.4, 0.5) is 11.4 Å². The van der Waals surface area contributed by atoms with Gasteiger partial charge in [0.05, 0.1) is 0 Å². The van der Waals surface area contributed by atoms with Gasteiger partial charge in [-0.1, -0.05) is 41.6 Å². The van der Waals surface area contributed by atoms with Crippen molar-refractivity contribution in [1.82, 2.24) is 0 Å². The van der Waals surface area contributed by atoms with E-state index in [0.29, 0.717) is 0 Å². The summed E-state index contributed by atoms with van der Waals surface area (Å²) in [5.74, 6) is -1.65. The van der Waals surface area contributed by atoms with Crippen LogP contribution < -0.4 is 10.2 Å². The molecule has 1 aliphatic rings. The number of amides is 2. The number of rotatable bonds is 3. The second kappa shape index (κ2) is 7.23. The molecule has 0 bridgehead atoms. The lowest BCUT2D eigenvalue weighted by Gasteiger charge is -2.21. The summed E-state index contributed by atoms with van der Waals surface area (Å²) in [6.07, 6.45) is 0. The van der Waals surface area contributed by atoms with Crippen molar-refractivity contribution in [2.24, 2.45) is 11.1 Å². The molecule has 0 radical (unpaired) electrons. The molecule has 0 aromatic heterocycles. The van der Waals surface area contributed by atoms with Crippen LogP contribution in [0.5, 0.6) is 0 Å². The molecule has 1 atom stereocenters. The molecule has 2 aromatic carbocycles. The number of anilines is 2. The lowest BCUT2D eigenvalue weighted by molar-refractivity contribution is -0.118. The van der Waals surface area contributed by atoms with Crippen LogP contribution in [-0.4, -0.2) is 29.3 Å². The van der Waals surface area contributed by atoms with Gasteiger partial charge in [0.25, 0.3) is 5.91 Å². The van der Waals surface area contributed by atoms with Crippen LogP contribution in [0, 0.1) is 33.6 Å². The van der Waals surface area contributed by atoms with Crippen molar-refractivity contribution in [2.75, 3.05) is 16.8 Å². The van der Waals surface area contributed by atoms with Gasteiger partial charge in [0.2, 0.25) is 5.91 Å². The molecule has 140 valence electrons. The monoisotopic (exact) mass is 365 g/mol. The average molecular weight is 365 g/mol. The number of hydrogen-bond donors (Lipinski definition) is 2. The van der Waals surface area contributed by atoms with Gasteiger partial charge in [-0.25, -0.2) is 0 Å². The molecule has 6 nitrogen and oxygen atoms in total. The first kappa shape index (κ1) is 18.6. The molecule has 1 unspecified atom stereocenters. The van der Waals surface area contributed by atoms with Gasteiger partial charge in [0, 0.05) is 17.9 Å². The highest BCUT2D eigenvalue weighted by atomic mass is 16.4. The first-order valence-corrected chi connectivity index (χ1v) is 8.82. The maximum Gasteiger partial charge on any atom is 0.277 e. The Kier molecular flexibility index (Phi) is 4.99. The van der Waals surface area contributed by atoms with Gasteiger partial charge >= 0.3 is 0 Å². The van der Waals surface area contributed by atoms with Gasteiger partial charge in [0.15, 0.2) is 5.71 Å². The van der Waals surface area contributed by atoms with Gasteiger partial charge in [0.1, 0.15) is 5.92 Å². The largest absolute Gasteiger partial charge is 0.410 e. The fourth-order valence-corrected chi connectivity index (χ4v) is 3.61. The summed E-state index contributed by atoms with van der Waals surface area (Å²) in [7, 11) is 0. The Balaban J connectivity index is 1.92. The molecule has 1 saturated heterocycles. The van der Waals surface area contributed by atoms with Crippen molar-refractivity contribution in [3.8, 4) is 0 Å². The van der Waals surface area contributed by atoms with Gasteiger partial charge in [-0.05, 0) is 49.9 Å². The van der Waals surface area contributed by atoms with E-state index in [9.17, 15) is 14.8 Å². The lowest BCUT2D eigenvalue weighted by atomic mass is 10.0. The van der Waals surface area contributed by atoms with Gasteiger partial charge in [-0.2, -0.15) is 0 Å². The maximum absolute atomic E-state index is 12.9. The highest BCUT2D eigenvalue weighted by Crippen LogP contribution is 2.31. The first-order valence-electron chi connectivity index (χ1n) is 8.82. The molecule has 2 amide bonds. The number of nitrogens with zero attached hydrogens (tertiary/aromatic N) is 2. The van der Waals surface area contributed by atoms with Gasteiger partial charge in [-0.3, -0.25) is 9.59 Å². The third-order valence-corrected chi connectivity index (χ3v) is 5.02. The molecule has 0 saturated carbocycles. The number of oxime groups is 1. The molecule has 0 aliphatic carbocycles. The molecule has 6 heteroatoms. The van der Waals surface area contributed by atoms with Gasteiger partial charge < -0.3 is 15.4 Å². The summed E-state index contributed by atoms with van der Waals surface area (Å²) in [6.45, 7) is 7.78. The normalized spacial score (nSPS) is 18.2. The number of carbonyl (C=O) groups excluding carboxylic acids is 2. The van der Waals surface area contributed by atoms with Crippen LogP contribution in [0.25, 0.3) is 0 Å². The van der Waals surface area contributed by atoms with Crippen molar-refractivity contribution in [3.05, 3.63) is 58.7 Å². The molecule has 27 heavy (non-hydrogen) atoms. The zero-order chi connectivity index (χ0) is 19.7. The molecular formula is C21H23N3O3. The highest BCUT2D eigenvalue weighted by molar-refractivity contribution is 6.50. The summed E-state index contributed by atoms with van der Waals surface area (Å²) in [5.41, 5.74) is 5.06. The fraction of sp³-hybridized carbons (Fsp3) is 0.286.